The third-order valence-electron chi connectivity index (χ3n) is 2.74. The summed E-state index contributed by atoms with van der Waals surface area (Å²) >= 11 is 3.16. The molecule has 0 fully saturated rings. The fourth-order valence-corrected chi connectivity index (χ4v) is 2.06. The third-order valence-corrected chi connectivity index (χ3v) is 3.33. The van der Waals surface area contributed by atoms with Crippen LogP contribution in [0.2, 0.25) is 0 Å². The number of ether oxygens (including phenoxy) is 1. The van der Waals surface area contributed by atoms with Crippen LogP contribution in [-0.2, 0) is 6.18 Å². The van der Waals surface area contributed by atoms with Crippen LogP contribution in [0.25, 0.3) is 0 Å². The summed E-state index contributed by atoms with van der Waals surface area (Å²) in [5.41, 5.74) is -0.675. The Morgan fingerprint density at radius 1 is 1.32 bits per heavy atom. The quantitative estimate of drug-likeness (QED) is 0.822. The van der Waals surface area contributed by atoms with Gasteiger partial charge in [0.25, 0.3) is 5.91 Å². The highest BCUT2D eigenvalue weighted by Crippen LogP contribution is 2.30. The molecule has 1 aromatic heterocycles. The molecule has 0 unspecified atom stereocenters. The first-order valence-electron chi connectivity index (χ1n) is 5.99. The number of benzene rings is 1. The number of alkyl halides is 3. The molecule has 22 heavy (non-hydrogen) atoms. The van der Waals surface area contributed by atoms with Gasteiger partial charge in [-0.05, 0) is 34.1 Å². The average molecular weight is 375 g/mol. The summed E-state index contributed by atoms with van der Waals surface area (Å²) < 4.78 is 43.4. The third kappa shape index (κ3) is 3.76. The first-order valence-corrected chi connectivity index (χ1v) is 6.78. The summed E-state index contributed by atoms with van der Waals surface area (Å²) in [7, 11) is 1.43. The van der Waals surface area contributed by atoms with Crippen LogP contribution in [0, 0.1) is 0 Å². The minimum atomic E-state index is -4.50. The molecule has 0 atom stereocenters. The number of rotatable bonds is 3. The van der Waals surface area contributed by atoms with E-state index < -0.39 is 17.6 Å². The second-order valence-electron chi connectivity index (χ2n) is 4.25. The van der Waals surface area contributed by atoms with E-state index in [-0.39, 0.29) is 5.56 Å². The molecule has 4 nitrogen and oxygen atoms in total. The number of carbonyl (C=O) groups is 1. The second kappa shape index (κ2) is 6.35. The van der Waals surface area contributed by atoms with E-state index in [9.17, 15) is 18.0 Å². The number of nitrogens with one attached hydrogen (secondary N) is 1. The van der Waals surface area contributed by atoms with Gasteiger partial charge in [0.05, 0.1) is 24.6 Å². The van der Waals surface area contributed by atoms with Crippen molar-refractivity contribution in [3.63, 3.8) is 0 Å². The van der Waals surface area contributed by atoms with Crippen molar-refractivity contribution < 1.29 is 22.7 Å². The van der Waals surface area contributed by atoms with Gasteiger partial charge in [-0.2, -0.15) is 13.2 Å². The van der Waals surface area contributed by atoms with E-state index in [1.807, 2.05) is 0 Å². The van der Waals surface area contributed by atoms with Crippen molar-refractivity contribution in [3.05, 3.63) is 52.3 Å². The van der Waals surface area contributed by atoms with E-state index in [1.54, 1.807) is 0 Å². The van der Waals surface area contributed by atoms with E-state index in [2.05, 4.69) is 26.2 Å². The molecule has 0 bridgehead atoms. The molecule has 0 saturated carbocycles. The molecular weight excluding hydrogens is 365 g/mol. The molecule has 0 aliphatic heterocycles. The lowest BCUT2D eigenvalue weighted by Gasteiger charge is -2.10. The lowest BCUT2D eigenvalue weighted by molar-refractivity contribution is -0.137. The number of halogens is 4. The number of aromatic nitrogens is 1. The highest BCUT2D eigenvalue weighted by atomic mass is 79.9. The summed E-state index contributed by atoms with van der Waals surface area (Å²) in [5, 5.41) is 2.47. The van der Waals surface area contributed by atoms with Gasteiger partial charge in [-0.25, -0.2) is 4.98 Å². The first-order chi connectivity index (χ1) is 10.3. The first kappa shape index (κ1) is 16.3. The highest BCUT2D eigenvalue weighted by Gasteiger charge is 2.30. The lowest BCUT2D eigenvalue weighted by Crippen LogP contribution is -2.14. The minimum Gasteiger partial charge on any atom is -0.494 e. The summed E-state index contributed by atoms with van der Waals surface area (Å²) in [5.74, 6) is -0.279. The molecule has 8 heteroatoms. The second-order valence-corrected chi connectivity index (χ2v) is 5.00. The van der Waals surface area contributed by atoms with E-state index in [0.29, 0.717) is 16.0 Å². The minimum absolute atomic E-state index is 0.100. The normalized spacial score (nSPS) is 11.1. The van der Waals surface area contributed by atoms with Gasteiger partial charge in [0.1, 0.15) is 4.60 Å². The maximum Gasteiger partial charge on any atom is 0.416 e. The molecular formula is C14H10BrF3N2O2. The van der Waals surface area contributed by atoms with Gasteiger partial charge in [-0.1, -0.05) is 6.07 Å². The zero-order valence-electron chi connectivity index (χ0n) is 11.2. The number of hydrogen-bond acceptors (Lipinski definition) is 3. The topological polar surface area (TPSA) is 51.2 Å². The fraction of sp³-hybridized carbons (Fsp3) is 0.143. The standard InChI is InChI=1S/C14H10BrF3N2O2/c1-22-11-6-10(7-19-12(11)15)20-13(21)8-3-2-4-9(5-8)14(16,17)18/h2-7H,1H3,(H,20,21). The molecule has 0 radical (unpaired) electrons. The molecule has 1 amide bonds. The molecule has 1 aromatic carbocycles. The van der Waals surface area contributed by atoms with Gasteiger partial charge in [0, 0.05) is 11.6 Å². The van der Waals surface area contributed by atoms with Crippen molar-refractivity contribution in [2.75, 3.05) is 12.4 Å². The van der Waals surface area contributed by atoms with Crippen molar-refractivity contribution in [1.82, 2.24) is 4.98 Å². The van der Waals surface area contributed by atoms with Crippen LogP contribution in [-0.4, -0.2) is 18.0 Å². The molecule has 0 aliphatic carbocycles. The van der Waals surface area contributed by atoms with Gasteiger partial charge in [-0.3, -0.25) is 4.79 Å². The Balaban J connectivity index is 2.23. The molecule has 2 rings (SSSR count). The van der Waals surface area contributed by atoms with Crippen molar-refractivity contribution in [3.8, 4) is 5.75 Å². The van der Waals surface area contributed by atoms with Gasteiger partial charge >= 0.3 is 6.18 Å². The van der Waals surface area contributed by atoms with Gasteiger partial charge in [0.2, 0.25) is 0 Å². The number of nitrogens with zero attached hydrogens (tertiary/aromatic N) is 1. The van der Waals surface area contributed by atoms with Crippen LogP contribution >= 0.6 is 15.9 Å². The highest BCUT2D eigenvalue weighted by molar-refractivity contribution is 9.10. The molecule has 1 heterocycles. The number of anilines is 1. The summed E-state index contributed by atoms with van der Waals surface area (Å²) in [6.07, 6.45) is -3.14. The largest absolute Gasteiger partial charge is 0.494 e. The Labute approximate surface area is 132 Å². The molecule has 1 N–H and O–H groups in total. The van der Waals surface area contributed by atoms with Crippen LogP contribution in [0.5, 0.6) is 5.75 Å². The zero-order chi connectivity index (χ0) is 16.3. The Hall–Kier alpha value is -2.09. The smallest absolute Gasteiger partial charge is 0.416 e. The lowest BCUT2D eigenvalue weighted by atomic mass is 10.1. The average Bonchev–Trinajstić information content (AvgIpc) is 2.48. The number of methoxy groups -OCH3 is 1. The van der Waals surface area contributed by atoms with E-state index in [1.165, 1.54) is 31.5 Å². The van der Waals surface area contributed by atoms with Crippen molar-refractivity contribution >= 4 is 27.5 Å². The Morgan fingerprint density at radius 2 is 2.05 bits per heavy atom. The monoisotopic (exact) mass is 374 g/mol. The number of carbonyl (C=O) groups excluding carboxylic acids is 1. The maximum absolute atomic E-state index is 12.6. The summed E-state index contributed by atoms with van der Waals surface area (Å²) in [4.78, 5) is 16.0. The van der Waals surface area contributed by atoms with Gasteiger partial charge < -0.3 is 10.1 Å². The van der Waals surface area contributed by atoms with Crippen LogP contribution in [0.1, 0.15) is 15.9 Å². The van der Waals surface area contributed by atoms with Crippen LogP contribution in [0.15, 0.2) is 41.1 Å². The van der Waals surface area contributed by atoms with Crippen molar-refractivity contribution in [2.24, 2.45) is 0 Å². The summed E-state index contributed by atoms with van der Waals surface area (Å²) in [6, 6.07) is 5.68. The zero-order valence-corrected chi connectivity index (χ0v) is 12.8. The number of hydrogen-bond donors (Lipinski definition) is 1. The van der Waals surface area contributed by atoms with E-state index >= 15 is 0 Å². The van der Waals surface area contributed by atoms with Crippen LogP contribution < -0.4 is 10.1 Å². The van der Waals surface area contributed by atoms with Crippen molar-refractivity contribution in [1.29, 1.82) is 0 Å². The fourth-order valence-electron chi connectivity index (χ4n) is 1.68. The van der Waals surface area contributed by atoms with E-state index in [0.717, 1.165) is 12.1 Å². The SMILES string of the molecule is COc1cc(NC(=O)c2cccc(C(F)(F)F)c2)cnc1Br. The maximum atomic E-state index is 12.6. The molecule has 116 valence electrons. The van der Waals surface area contributed by atoms with Crippen LogP contribution in [0.4, 0.5) is 18.9 Å². The molecule has 0 spiro atoms. The van der Waals surface area contributed by atoms with Gasteiger partial charge in [0.15, 0.2) is 5.75 Å². The van der Waals surface area contributed by atoms with Crippen molar-refractivity contribution in [2.45, 2.75) is 6.18 Å². The molecule has 0 saturated heterocycles. The predicted octanol–water partition coefficient (Wildman–Crippen LogP) is 4.12. The van der Waals surface area contributed by atoms with E-state index in [4.69, 9.17) is 4.74 Å². The Kier molecular flexibility index (Phi) is 4.70. The Morgan fingerprint density at radius 3 is 2.68 bits per heavy atom. The summed E-state index contributed by atoms with van der Waals surface area (Å²) in [6.45, 7) is 0. The predicted molar refractivity (Wildman–Crippen MR) is 77.9 cm³/mol. The molecule has 2 aromatic rings. The number of amides is 1. The van der Waals surface area contributed by atoms with Gasteiger partial charge in [-0.15, -0.1) is 0 Å². The van der Waals surface area contributed by atoms with Crippen LogP contribution in [0.3, 0.4) is 0 Å². The number of pyridine rings is 1. The molecule has 0 aliphatic rings. The Bertz CT molecular complexity index is 705.